The van der Waals surface area contributed by atoms with Gasteiger partial charge in [-0.15, -0.1) is 11.3 Å². The van der Waals surface area contributed by atoms with Gasteiger partial charge in [-0.2, -0.15) is 5.10 Å². The van der Waals surface area contributed by atoms with Crippen LogP contribution in [0.4, 0.5) is 0 Å². The van der Waals surface area contributed by atoms with Gasteiger partial charge in [0.15, 0.2) is 0 Å². The molecule has 0 saturated carbocycles. The number of carbonyl (C=O) groups excluding carboxylic acids is 1. The number of amides is 1. The summed E-state index contributed by atoms with van der Waals surface area (Å²) < 4.78 is 1.75. The summed E-state index contributed by atoms with van der Waals surface area (Å²) in [6.07, 6.45) is 4.27. The van der Waals surface area contributed by atoms with Crippen LogP contribution in [0.15, 0.2) is 54.3 Å². The van der Waals surface area contributed by atoms with Crippen LogP contribution in [0.3, 0.4) is 0 Å². The number of aryl methyl sites for hydroxylation is 1. The lowest BCUT2D eigenvalue weighted by molar-refractivity contribution is -0.136. The molecule has 2 aromatic heterocycles. The van der Waals surface area contributed by atoms with E-state index in [1.165, 1.54) is 0 Å². The minimum atomic E-state index is -0.285. The normalized spacial score (nSPS) is 12.1. The first-order valence-electron chi connectivity index (χ1n) is 8.39. The summed E-state index contributed by atoms with van der Waals surface area (Å²) in [4.78, 5) is 20.6. The minimum Gasteiger partial charge on any atom is -0.331 e. The highest BCUT2D eigenvalue weighted by Crippen LogP contribution is 2.21. The Kier molecular flexibility index (Phi) is 5.60. The Morgan fingerprint density at radius 1 is 1.24 bits per heavy atom. The maximum atomic E-state index is 13.3. The zero-order chi connectivity index (χ0) is 17.6. The molecule has 6 heteroatoms. The van der Waals surface area contributed by atoms with Crippen LogP contribution in [0.5, 0.6) is 0 Å². The smallest absolute Gasteiger partial charge is 0.248 e. The van der Waals surface area contributed by atoms with E-state index in [4.69, 9.17) is 0 Å². The number of thiazole rings is 1. The molecule has 0 spiro atoms. The van der Waals surface area contributed by atoms with Gasteiger partial charge in [0.25, 0.3) is 0 Å². The Labute approximate surface area is 151 Å². The topological polar surface area (TPSA) is 51.0 Å². The monoisotopic (exact) mass is 354 g/mol. The van der Waals surface area contributed by atoms with Gasteiger partial charge in [0.1, 0.15) is 6.04 Å². The van der Waals surface area contributed by atoms with Gasteiger partial charge < -0.3 is 4.90 Å². The van der Waals surface area contributed by atoms with Crippen LogP contribution in [-0.2, 0) is 17.9 Å². The van der Waals surface area contributed by atoms with Gasteiger partial charge in [0.2, 0.25) is 5.91 Å². The molecule has 0 aliphatic rings. The van der Waals surface area contributed by atoms with Crippen molar-refractivity contribution in [2.24, 2.45) is 0 Å². The molecular formula is C19H22N4OS. The van der Waals surface area contributed by atoms with E-state index in [2.05, 4.69) is 22.2 Å². The third-order valence-corrected chi connectivity index (χ3v) is 5.14. The zero-order valence-corrected chi connectivity index (χ0v) is 15.3. The van der Waals surface area contributed by atoms with Gasteiger partial charge in [-0.25, -0.2) is 4.98 Å². The quantitative estimate of drug-likeness (QED) is 0.648. The predicted octanol–water partition coefficient (Wildman–Crippen LogP) is 3.83. The van der Waals surface area contributed by atoms with Crippen LogP contribution in [0.1, 0.15) is 35.5 Å². The molecular weight excluding hydrogens is 332 g/mol. The standard InChI is InChI=1S/C19H22N4OS/c1-3-17(23-11-7-10-21-23)19(24)22(12-16-8-5-4-6-9-16)13-18-15(2)20-14-25-18/h4-11,14,17H,3,12-13H2,1-2H3/t17-/m1/s1. The molecule has 0 N–H and O–H groups in total. The molecule has 0 radical (unpaired) electrons. The molecule has 0 fully saturated rings. The van der Waals surface area contributed by atoms with Crippen molar-refractivity contribution < 1.29 is 4.79 Å². The van der Waals surface area contributed by atoms with Crippen molar-refractivity contribution >= 4 is 17.2 Å². The summed E-state index contributed by atoms with van der Waals surface area (Å²) >= 11 is 1.60. The summed E-state index contributed by atoms with van der Waals surface area (Å²) in [5, 5.41) is 4.27. The molecule has 0 aliphatic carbocycles. The zero-order valence-electron chi connectivity index (χ0n) is 14.5. The maximum absolute atomic E-state index is 13.3. The fraction of sp³-hybridized carbons (Fsp3) is 0.316. The van der Waals surface area contributed by atoms with Crippen LogP contribution < -0.4 is 0 Å². The largest absolute Gasteiger partial charge is 0.331 e. The van der Waals surface area contributed by atoms with Crippen molar-refractivity contribution in [2.45, 2.75) is 39.4 Å². The van der Waals surface area contributed by atoms with Gasteiger partial charge in [0, 0.05) is 23.8 Å². The molecule has 0 bridgehead atoms. The average Bonchev–Trinajstić information content (AvgIpc) is 3.28. The van der Waals surface area contributed by atoms with E-state index >= 15 is 0 Å². The van der Waals surface area contributed by atoms with Gasteiger partial charge in [-0.3, -0.25) is 9.48 Å². The molecule has 0 unspecified atom stereocenters. The highest BCUT2D eigenvalue weighted by atomic mass is 32.1. The summed E-state index contributed by atoms with van der Waals surface area (Å²) in [6.45, 7) is 5.15. The Morgan fingerprint density at radius 3 is 2.64 bits per heavy atom. The highest BCUT2D eigenvalue weighted by molar-refractivity contribution is 7.09. The number of rotatable bonds is 7. The fourth-order valence-electron chi connectivity index (χ4n) is 2.82. The van der Waals surface area contributed by atoms with E-state index in [1.54, 1.807) is 22.2 Å². The first kappa shape index (κ1) is 17.4. The lowest BCUT2D eigenvalue weighted by Crippen LogP contribution is -2.36. The van der Waals surface area contributed by atoms with Crippen molar-refractivity contribution in [3.8, 4) is 0 Å². The molecule has 1 amide bonds. The van der Waals surface area contributed by atoms with Crippen LogP contribution >= 0.6 is 11.3 Å². The van der Waals surface area contributed by atoms with Crippen molar-refractivity contribution in [3.05, 3.63) is 70.4 Å². The predicted molar refractivity (Wildman–Crippen MR) is 99.1 cm³/mol. The number of nitrogens with zero attached hydrogens (tertiary/aromatic N) is 4. The Hall–Kier alpha value is -2.47. The van der Waals surface area contributed by atoms with Crippen molar-refractivity contribution in [3.63, 3.8) is 0 Å². The van der Waals surface area contributed by atoms with Crippen molar-refractivity contribution in [1.82, 2.24) is 19.7 Å². The SMILES string of the molecule is CC[C@H](C(=O)N(Cc1ccccc1)Cc1scnc1C)n1cccn1. The molecule has 130 valence electrons. The molecule has 0 saturated heterocycles. The second-order valence-corrected chi connectivity index (χ2v) is 6.89. The van der Waals surface area contributed by atoms with E-state index in [9.17, 15) is 4.79 Å². The number of carbonyl (C=O) groups is 1. The first-order chi connectivity index (χ1) is 12.2. The number of hydrogen-bond acceptors (Lipinski definition) is 4. The molecule has 1 atom stereocenters. The minimum absolute atomic E-state index is 0.0860. The molecule has 25 heavy (non-hydrogen) atoms. The second-order valence-electron chi connectivity index (χ2n) is 5.95. The molecule has 3 aromatic rings. The Morgan fingerprint density at radius 2 is 2.04 bits per heavy atom. The van der Waals surface area contributed by atoms with Gasteiger partial charge in [-0.1, -0.05) is 37.3 Å². The van der Waals surface area contributed by atoms with Gasteiger partial charge >= 0.3 is 0 Å². The number of aromatic nitrogens is 3. The van der Waals surface area contributed by atoms with Gasteiger partial charge in [0.05, 0.1) is 17.7 Å². The van der Waals surface area contributed by atoms with E-state index in [-0.39, 0.29) is 11.9 Å². The summed E-state index contributed by atoms with van der Waals surface area (Å²) in [5.74, 6) is 0.0860. The second kappa shape index (κ2) is 8.07. The first-order valence-corrected chi connectivity index (χ1v) is 9.27. The average molecular weight is 354 g/mol. The summed E-state index contributed by atoms with van der Waals surface area (Å²) in [7, 11) is 0. The van der Waals surface area contributed by atoms with E-state index in [0.29, 0.717) is 19.5 Å². The Bertz CT molecular complexity index is 798. The molecule has 2 heterocycles. The molecule has 0 aliphatic heterocycles. The number of hydrogen-bond donors (Lipinski definition) is 0. The third-order valence-electron chi connectivity index (χ3n) is 4.22. The third kappa shape index (κ3) is 4.14. The molecule has 3 rings (SSSR count). The lowest BCUT2D eigenvalue weighted by atomic mass is 10.1. The molecule has 1 aromatic carbocycles. The molecule has 5 nitrogen and oxygen atoms in total. The highest BCUT2D eigenvalue weighted by Gasteiger charge is 2.26. The summed E-state index contributed by atoms with van der Waals surface area (Å²) in [6, 6.07) is 11.7. The van der Waals surface area contributed by atoms with Crippen molar-refractivity contribution in [2.75, 3.05) is 0 Å². The van der Waals surface area contributed by atoms with Crippen LogP contribution in [0, 0.1) is 6.92 Å². The van der Waals surface area contributed by atoms with E-state index in [1.807, 2.05) is 54.7 Å². The summed E-state index contributed by atoms with van der Waals surface area (Å²) in [5.41, 5.74) is 3.94. The van der Waals surface area contributed by atoms with E-state index in [0.717, 1.165) is 16.1 Å². The van der Waals surface area contributed by atoms with Crippen LogP contribution in [-0.4, -0.2) is 25.6 Å². The lowest BCUT2D eigenvalue weighted by Gasteiger charge is -2.27. The van der Waals surface area contributed by atoms with E-state index < -0.39 is 0 Å². The Balaban J connectivity index is 1.86. The van der Waals surface area contributed by atoms with Gasteiger partial charge in [-0.05, 0) is 25.0 Å². The number of benzene rings is 1. The van der Waals surface area contributed by atoms with Crippen molar-refractivity contribution in [1.29, 1.82) is 0 Å². The van der Waals surface area contributed by atoms with Crippen LogP contribution in [0.2, 0.25) is 0 Å². The maximum Gasteiger partial charge on any atom is 0.248 e. The van der Waals surface area contributed by atoms with Crippen LogP contribution in [0.25, 0.3) is 0 Å². The fourth-order valence-corrected chi connectivity index (χ4v) is 3.61.